The Morgan fingerprint density at radius 1 is 1.12 bits per heavy atom. The van der Waals surface area contributed by atoms with Crippen LogP contribution in [0.15, 0.2) is 24.3 Å². The molecule has 0 aliphatic heterocycles. The molecule has 0 spiro atoms. The molecule has 0 saturated heterocycles. The summed E-state index contributed by atoms with van der Waals surface area (Å²) in [6.07, 6.45) is 4.76. The lowest BCUT2D eigenvalue weighted by molar-refractivity contribution is -0.148. The van der Waals surface area contributed by atoms with Crippen LogP contribution in [0.3, 0.4) is 0 Å². The maximum Gasteiger partial charge on any atom is 0.230 e. The third kappa shape index (κ3) is 2.60. The Bertz CT molecular complexity index is 724. The van der Waals surface area contributed by atoms with Gasteiger partial charge in [0.15, 0.2) is 0 Å². The number of phenols is 1. The van der Waals surface area contributed by atoms with E-state index in [1.807, 2.05) is 13.8 Å². The van der Waals surface area contributed by atoms with Crippen molar-refractivity contribution < 1.29 is 14.7 Å². The van der Waals surface area contributed by atoms with Crippen LogP contribution in [0.25, 0.3) is 0 Å². The van der Waals surface area contributed by atoms with Crippen molar-refractivity contribution >= 4 is 11.8 Å². The van der Waals surface area contributed by atoms with Crippen LogP contribution in [-0.4, -0.2) is 23.0 Å². The topological polar surface area (TPSA) is 92.4 Å². The van der Waals surface area contributed by atoms with Crippen LogP contribution < -0.4 is 11.1 Å². The van der Waals surface area contributed by atoms with Gasteiger partial charge in [-0.2, -0.15) is 0 Å². The highest BCUT2D eigenvalue weighted by molar-refractivity contribution is 5.88. The van der Waals surface area contributed by atoms with Crippen molar-refractivity contribution in [2.75, 3.05) is 0 Å². The third-order valence-corrected chi connectivity index (χ3v) is 7.25. The van der Waals surface area contributed by atoms with Crippen LogP contribution in [0.5, 0.6) is 5.75 Å². The van der Waals surface area contributed by atoms with E-state index in [1.165, 1.54) is 0 Å². The summed E-state index contributed by atoms with van der Waals surface area (Å²) in [6, 6.07) is 6.97. The van der Waals surface area contributed by atoms with E-state index in [0.29, 0.717) is 17.8 Å². The Morgan fingerprint density at radius 2 is 1.69 bits per heavy atom. The number of nitrogens with two attached hydrogens (primary N) is 1. The molecule has 5 atom stereocenters. The number of rotatable bonds is 4. The van der Waals surface area contributed by atoms with Gasteiger partial charge in [-0.15, -0.1) is 0 Å². The molecule has 4 bridgehead atoms. The molecule has 1 aromatic rings. The molecule has 2 amide bonds. The second-order valence-corrected chi connectivity index (χ2v) is 9.29. The minimum Gasteiger partial charge on any atom is -0.508 e. The van der Waals surface area contributed by atoms with Crippen LogP contribution in [0.1, 0.15) is 51.5 Å². The number of nitrogens with one attached hydrogen (secondary N) is 1. The van der Waals surface area contributed by atoms with E-state index in [-0.39, 0.29) is 29.0 Å². The fourth-order valence-corrected chi connectivity index (χ4v) is 5.90. The SMILES string of the molecule is CC(C)(C(=O)NC1[C@@H]2CC3C[C@H]1CC(C(N)=O)(C3)C2)c1ccc(O)cc1. The summed E-state index contributed by atoms with van der Waals surface area (Å²) >= 11 is 0. The summed E-state index contributed by atoms with van der Waals surface area (Å²) in [5.74, 6) is 1.35. The number of hydrogen-bond acceptors (Lipinski definition) is 3. The van der Waals surface area contributed by atoms with Gasteiger partial charge in [-0.05, 0) is 81.4 Å². The van der Waals surface area contributed by atoms with Gasteiger partial charge in [-0.25, -0.2) is 0 Å². The first-order valence-corrected chi connectivity index (χ1v) is 9.62. The van der Waals surface area contributed by atoms with E-state index < -0.39 is 5.41 Å². The predicted octanol–water partition coefficient (Wildman–Crippen LogP) is 2.47. The Balaban J connectivity index is 1.52. The number of hydrogen-bond donors (Lipinski definition) is 3. The van der Waals surface area contributed by atoms with Gasteiger partial charge in [0.2, 0.25) is 11.8 Å². The Labute approximate surface area is 154 Å². The van der Waals surface area contributed by atoms with Gasteiger partial charge in [0.05, 0.1) is 5.41 Å². The number of phenolic OH excluding ortho intramolecular Hbond substituents is 1. The lowest BCUT2D eigenvalue weighted by Gasteiger charge is -2.59. The summed E-state index contributed by atoms with van der Waals surface area (Å²) in [5, 5.41) is 12.8. The molecule has 3 unspecified atom stereocenters. The summed E-state index contributed by atoms with van der Waals surface area (Å²) in [5.41, 5.74) is 5.62. The molecule has 4 aliphatic rings. The number of carbonyl (C=O) groups is 2. The van der Waals surface area contributed by atoms with E-state index in [2.05, 4.69) is 5.32 Å². The van der Waals surface area contributed by atoms with Crippen molar-refractivity contribution in [3.05, 3.63) is 29.8 Å². The molecule has 5 nitrogen and oxygen atoms in total. The average Bonchev–Trinajstić information content (AvgIpc) is 2.57. The van der Waals surface area contributed by atoms with Crippen molar-refractivity contribution in [1.82, 2.24) is 5.32 Å². The molecule has 4 saturated carbocycles. The molecular weight excluding hydrogens is 328 g/mol. The van der Waals surface area contributed by atoms with E-state index in [9.17, 15) is 14.7 Å². The van der Waals surface area contributed by atoms with Crippen LogP contribution >= 0.6 is 0 Å². The zero-order chi connectivity index (χ0) is 18.7. The number of amides is 2. The smallest absolute Gasteiger partial charge is 0.230 e. The highest BCUT2D eigenvalue weighted by Gasteiger charge is 2.58. The Kier molecular flexibility index (Phi) is 3.83. The van der Waals surface area contributed by atoms with Gasteiger partial charge in [0.1, 0.15) is 5.75 Å². The molecule has 0 heterocycles. The molecule has 4 fully saturated rings. The maximum atomic E-state index is 13.1. The number of carbonyl (C=O) groups excluding carboxylic acids is 2. The summed E-state index contributed by atoms with van der Waals surface area (Å²) in [4.78, 5) is 25.2. The van der Waals surface area contributed by atoms with Gasteiger partial charge in [-0.3, -0.25) is 9.59 Å². The van der Waals surface area contributed by atoms with Crippen LogP contribution in [0.4, 0.5) is 0 Å². The predicted molar refractivity (Wildman–Crippen MR) is 98.2 cm³/mol. The van der Waals surface area contributed by atoms with Crippen molar-refractivity contribution in [3.8, 4) is 5.75 Å². The van der Waals surface area contributed by atoms with Crippen LogP contribution in [0, 0.1) is 23.2 Å². The average molecular weight is 356 g/mol. The van der Waals surface area contributed by atoms with Crippen LogP contribution in [-0.2, 0) is 15.0 Å². The van der Waals surface area contributed by atoms with Gasteiger partial charge in [-0.1, -0.05) is 12.1 Å². The van der Waals surface area contributed by atoms with Crippen molar-refractivity contribution in [1.29, 1.82) is 0 Å². The first-order chi connectivity index (χ1) is 12.2. The number of benzene rings is 1. The van der Waals surface area contributed by atoms with Gasteiger partial charge < -0.3 is 16.2 Å². The molecule has 26 heavy (non-hydrogen) atoms. The summed E-state index contributed by atoms with van der Waals surface area (Å²) in [7, 11) is 0. The third-order valence-electron chi connectivity index (χ3n) is 7.25. The maximum absolute atomic E-state index is 13.1. The zero-order valence-corrected chi connectivity index (χ0v) is 15.5. The normalized spacial score (nSPS) is 35.3. The van der Waals surface area contributed by atoms with Gasteiger partial charge in [0, 0.05) is 11.5 Å². The molecule has 1 aromatic carbocycles. The van der Waals surface area contributed by atoms with E-state index in [1.54, 1.807) is 24.3 Å². The second kappa shape index (κ2) is 5.73. The summed E-state index contributed by atoms with van der Waals surface area (Å²) in [6.45, 7) is 3.82. The molecule has 5 rings (SSSR count). The number of aromatic hydroxyl groups is 1. The minimum atomic E-state index is -0.677. The lowest BCUT2D eigenvalue weighted by atomic mass is 9.47. The lowest BCUT2D eigenvalue weighted by Crippen LogP contribution is -2.63. The summed E-state index contributed by atoms with van der Waals surface area (Å²) < 4.78 is 0. The quantitative estimate of drug-likeness (QED) is 0.774. The molecule has 0 radical (unpaired) electrons. The van der Waals surface area contributed by atoms with Gasteiger partial charge >= 0.3 is 0 Å². The highest BCUT2D eigenvalue weighted by Crippen LogP contribution is 2.60. The van der Waals surface area contributed by atoms with Crippen LogP contribution in [0.2, 0.25) is 0 Å². The van der Waals surface area contributed by atoms with Crippen molar-refractivity contribution in [2.45, 2.75) is 57.4 Å². The molecular formula is C21H28N2O3. The second-order valence-electron chi connectivity index (χ2n) is 9.29. The van der Waals surface area contributed by atoms with E-state index >= 15 is 0 Å². The molecule has 5 heteroatoms. The zero-order valence-electron chi connectivity index (χ0n) is 15.5. The molecule has 140 valence electrons. The Hall–Kier alpha value is -2.04. The first-order valence-electron chi connectivity index (χ1n) is 9.62. The molecule has 0 aromatic heterocycles. The molecule has 4 N–H and O–H groups in total. The minimum absolute atomic E-state index is 0.00814. The monoisotopic (exact) mass is 356 g/mol. The first kappa shape index (κ1) is 17.4. The van der Waals surface area contributed by atoms with E-state index in [0.717, 1.165) is 37.7 Å². The molecule has 4 aliphatic carbocycles. The number of primary amides is 1. The Morgan fingerprint density at radius 3 is 2.23 bits per heavy atom. The van der Waals surface area contributed by atoms with Crippen molar-refractivity contribution in [2.24, 2.45) is 28.9 Å². The van der Waals surface area contributed by atoms with Crippen molar-refractivity contribution in [3.63, 3.8) is 0 Å². The highest BCUT2D eigenvalue weighted by atomic mass is 16.3. The van der Waals surface area contributed by atoms with Gasteiger partial charge in [0.25, 0.3) is 0 Å². The fraction of sp³-hybridized carbons (Fsp3) is 0.619. The fourth-order valence-electron chi connectivity index (χ4n) is 5.90. The van der Waals surface area contributed by atoms with E-state index in [4.69, 9.17) is 5.73 Å². The standard InChI is InChI=1S/C21H28N2O3/c1-20(2,15-3-5-16(24)6-4-15)19(26)23-17-13-7-12-8-14(17)11-21(9-12,10-13)18(22)25/h3-6,12-14,17,24H,7-11H2,1-2H3,(H2,22,25)(H,23,26)/t12?,13-,14+,17?,21?. The largest absolute Gasteiger partial charge is 0.508 e.